The number of hydrogen-bond acceptors (Lipinski definition) is 5. The van der Waals surface area contributed by atoms with Gasteiger partial charge in [-0.2, -0.15) is 0 Å². The molecule has 1 atom stereocenters. The number of halogens is 1. The second-order valence-corrected chi connectivity index (χ2v) is 7.03. The predicted octanol–water partition coefficient (Wildman–Crippen LogP) is 2.95. The van der Waals surface area contributed by atoms with Gasteiger partial charge in [-0.05, 0) is 39.8 Å². The zero-order chi connectivity index (χ0) is 13.4. The fraction of sp³-hybridized carbons (Fsp3) is 0.333. The maximum absolute atomic E-state index is 11.9. The summed E-state index contributed by atoms with van der Waals surface area (Å²) in [4.78, 5) is 19.4. The van der Waals surface area contributed by atoms with E-state index in [0.29, 0.717) is 19.5 Å². The lowest BCUT2D eigenvalue weighted by molar-refractivity contribution is -0.117. The summed E-state index contributed by atoms with van der Waals surface area (Å²) in [5.41, 5.74) is 6.56. The van der Waals surface area contributed by atoms with Crippen molar-refractivity contribution in [1.82, 2.24) is 4.98 Å². The molecule has 2 N–H and O–H groups in total. The highest BCUT2D eigenvalue weighted by atomic mass is 79.9. The van der Waals surface area contributed by atoms with E-state index in [0.717, 1.165) is 20.2 Å². The Balaban J connectivity index is 1.86. The topological polar surface area (TPSA) is 59.2 Å². The first-order valence-electron chi connectivity index (χ1n) is 5.88. The number of aromatic nitrogens is 1. The van der Waals surface area contributed by atoms with Gasteiger partial charge in [-0.15, -0.1) is 22.7 Å². The minimum atomic E-state index is 0.126. The Bertz CT molecular complexity index is 610. The molecule has 1 aliphatic heterocycles. The number of nitrogens with zero attached hydrogens (tertiary/aromatic N) is 2. The predicted molar refractivity (Wildman–Crippen MR) is 82.6 cm³/mol. The SMILES string of the molecule is NCC1CC(=O)N(c2nc(-c3sccc3Br)cs2)C1. The van der Waals surface area contributed by atoms with Gasteiger partial charge in [0.2, 0.25) is 5.91 Å². The van der Waals surface area contributed by atoms with Crippen LogP contribution in [0.25, 0.3) is 10.6 Å². The van der Waals surface area contributed by atoms with Gasteiger partial charge in [0.25, 0.3) is 0 Å². The Labute approximate surface area is 127 Å². The largest absolute Gasteiger partial charge is 0.330 e. The normalized spacial score (nSPS) is 19.4. The van der Waals surface area contributed by atoms with Crippen LogP contribution in [-0.2, 0) is 4.79 Å². The molecular formula is C12H12BrN3OS2. The number of carbonyl (C=O) groups excluding carboxylic acids is 1. The van der Waals surface area contributed by atoms with E-state index in [-0.39, 0.29) is 11.8 Å². The number of thiophene rings is 1. The number of nitrogens with two attached hydrogens (primary N) is 1. The summed E-state index contributed by atoms with van der Waals surface area (Å²) in [6.07, 6.45) is 0.536. The number of rotatable bonds is 3. The molecule has 1 aliphatic rings. The van der Waals surface area contributed by atoms with Crippen molar-refractivity contribution in [3.05, 3.63) is 21.3 Å². The second kappa shape index (κ2) is 5.32. The van der Waals surface area contributed by atoms with Gasteiger partial charge in [0, 0.05) is 22.8 Å². The summed E-state index contributed by atoms with van der Waals surface area (Å²) < 4.78 is 1.04. The van der Waals surface area contributed by atoms with Gasteiger partial charge in [0.05, 0.1) is 10.6 Å². The van der Waals surface area contributed by atoms with Gasteiger partial charge in [-0.25, -0.2) is 4.98 Å². The first kappa shape index (κ1) is 13.2. The Morgan fingerprint density at radius 3 is 3.00 bits per heavy atom. The molecule has 2 aromatic heterocycles. The van der Waals surface area contributed by atoms with Crippen LogP contribution in [0.3, 0.4) is 0 Å². The highest BCUT2D eigenvalue weighted by Crippen LogP contribution is 2.37. The first-order valence-corrected chi connectivity index (χ1v) is 8.43. The summed E-state index contributed by atoms with van der Waals surface area (Å²) in [5, 5.41) is 4.79. The molecule has 4 nitrogen and oxygen atoms in total. The third-order valence-electron chi connectivity index (χ3n) is 3.11. The molecule has 1 saturated heterocycles. The zero-order valence-electron chi connectivity index (χ0n) is 10.0. The third-order valence-corrected chi connectivity index (χ3v) is 5.84. The van der Waals surface area contributed by atoms with Gasteiger partial charge >= 0.3 is 0 Å². The molecule has 0 bridgehead atoms. The standard InChI is InChI=1S/C12H12BrN3OS2/c13-8-1-2-18-11(8)9-6-19-12(15-9)16-5-7(4-14)3-10(16)17/h1-2,6-7H,3-5,14H2. The Hall–Kier alpha value is -0.760. The average Bonchev–Trinajstić information content (AvgIpc) is 3.07. The van der Waals surface area contributed by atoms with Crippen LogP contribution in [0.15, 0.2) is 21.3 Å². The molecule has 3 heterocycles. The van der Waals surface area contributed by atoms with Gasteiger partial charge in [0.15, 0.2) is 5.13 Å². The lowest BCUT2D eigenvalue weighted by Gasteiger charge is -2.11. The number of anilines is 1. The van der Waals surface area contributed by atoms with Crippen LogP contribution in [0.1, 0.15) is 6.42 Å². The Morgan fingerprint density at radius 1 is 1.53 bits per heavy atom. The van der Waals surface area contributed by atoms with Crippen molar-refractivity contribution in [2.75, 3.05) is 18.0 Å². The van der Waals surface area contributed by atoms with Crippen LogP contribution in [0.2, 0.25) is 0 Å². The van der Waals surface area contributed by atoms with E-state index in [2.05, 4.69) is 20.9 Å². The van der Waals surface area contributed by atoms with Crippen molar-refractivity contribution in [2.24, 2.45) is 11.7 Å². The van der Waals surface area contributed by atoms with E-state index < -0.39 is 0 Å². The molecule has 0 spiro atoms. The maximum Gasteiger partial charge on any atom is 0.229 e. The quantitative estimate of drug-likeness (QED) is 0.918. The van der Waals surface area contributed by atoms with Gasteiger partial charge in [-0.3, -0.25) is 9.69 Å². The third kappa shape index (κ3) is 2.47. The fourth-order valence-corrected chi connectivity index (χ4v) is 4.55. The van der Waals surface area contributed by atoms with Gasteiger partial charge < -0.3 is 5.73 Å². The van der Waals surface area contributed by atoms with Gasteiger partial charge in [-0.1, -0.05) is 0 Å². The summed E-state index contributed by atoms with van der Waals surface area (Å²) >= 11 is 6.65. The molecule has 2 aromatic rings. The van der Waals surface area contributed by atoms with Crippen LogP contribution in [0.5, 0.6) is 0 Å². The Kier molecular flexibility index (Phi) is 3.70. The summed E-state index contributed by atoms with van der Waals surface area (Å²) in [7, 11) is 0. The van der Waals surface area contributed by atoms with Crippen molar-refractivity contribution in [2.45, 2.75) is 6.42 Å². The summed E-state index contributed by atoms with van der Waals surface area (Å²) in [6.45, 7) is 1.24. The number of carbonyl (C=O) groups is 1. The van der Waals surface area contributed by atoms with Crippen molar-refractivity contribution in [3.63, 3.8) is 0 Å². The van der Waals surface area contributed by atoms with E-state index in [4.69, 9.17) is 5.73 Å². The number of amides is 1. The summed E-state index contributed by atoms with van der Waals surface area (Å²) in [6, 6.07) is 2.00. The molecule has 3 rings (SSSR count). The molecular weight excluding hydrogens is 346 g/mol. The van der Waals surface area contributed by atoms with Crippen molar-refractivity contribution >= 4 is 49.6 Å². The molecule has 19 heavy (non-hydrogen) atoms. The van der Waals surface area contributed by atoms with Crippen LogP contribution in [0.4, 0.5) is 5.13 Å². The maximum atomic E-state index is 11.9. The van der Waals surface area contributed by atoms with E-state index in [9.17, 15) is 4.79 Å². The monoisotopic (exact) mass is 357 g/mol. The molecule has 0 aliphatic carbocycles. The van der Waals surface area contributed by atoms with Crippen LogP contribution in [0, 0.1) is 5.92 Å². The van der Waals surface area contributed by atoms with Crippen molar-refractivity contribution in [3.8, 4) is 10.6 Å². The smallest absolute Gasteiger partial charge is 0.229 e. The van der Waals surface area contributed by atoms with Crippen molar-refractivity contribution in [1.29, 1.82) is 0 Å². The molecule has 1 unspecified atom stereocenters. The molecule has 7 heteroatoms. The minimum Gasteiger partial charge on any atom is -0.330 e. The molecule has 1 amide bonds. The van der Waals surface area contributed by atoms with E-state index in [1.54, 1.807) is 16.2 Å². The van der Waals surface area contributed by atoms with Crippen LogP contribution in [-0.4, -0.2) is 24.0 Å². The molecule has 1 fully saturated rings. The summed E-state index contributed by atoms with van der Waals surface area (Å²) in [5.74, 6) is 0.384. The van der Waals surface area contributed by atoms with Crippen LogP contribution < -0.4 is 10.6 Å². The Morgan fingerprint density at radius 2 is 2.37 bits per heavy atom. The van der Waals surface area contributed by atoms with E-state index in [1.165, 1.54) is 11.3 Å². The minimum absolute atomic E-state index is 0.126. The molecule has 0 aromatic carbocycles. The average molecular weight is 358 g/mol. The van der Waals surface area contributed by atoms with Gasteiger partial charge in [0.1, 0.15) is 0 Å². The highest BCUT2D eigenvalue weighted by Gasteiger charge is 2.31. The lowest BCUT2D eigenvalue weighted by atomic mass is 10.1. The number of thiazole rings is 1. The van der Waals surface area contributed by atoms with Crippen molar-refractivity contribution < 1.29 is 4.79 Å². The molecule has 0 radical (unpaired) electrons. The fourth-order valence-electron chi connectivity index (χ4n) is 2.09. The molecule has 0 saturated carbocycles. The lowest BCUT2D eigenvalue weighted by Crippen LogP contribution is -2.25. The van der Waals surface area contributed by atoms with E-state index >= 15 is 0 Å². The number of hydrogen-bond donors (Lipinski definition) is 1. The first-order chi connectivity index (χ1) is 9.19. The van der Waals surface area contributed by atoms with E-state index in [1.807, 2.05) is 16.8 Å². The zero-order valence-corrected chi connectivity index (χ0v) is 13.2. The highest BCUT2D eigenvalue weighted by molar-refractivity contribution is 9.10. The molecule has 100 valence electrons. The van der Waals surface area contributed by atoms with Crippen LogP contribution >= 0.6 is 38.6 Å². The second-order valence-electron chi connectivity index (χ2n) is 4.42.